The smallest absolute Gasteiger partial charge is 0.115 e. The van der Waals surface area contributed by atoms with E-state index in [2.05, 4.69) is 31.2 Å². The van der Waals surface area contributed by atoms with Gasteiger partial charge in [-0.3, -0.25) is 0 Å². The van der Waals surface area contributed by atoms with E-state index in [0.29, 0.717) is 0 Å². The molecule has 0 saturated heterocycles. The number of rotatable bonds is 8. The third kappa shape index (κ3) is 6.21. The van der Waals surface area contributed by atoms with Gasteiger partial charge in [-0.1, -0.05) is 107 Å². The van der Waals surface area contributed by atoms with E-state index >= 15 is 0 Å². The van der Waals surface area contributed by atoms with Crippen LogP contribution in [0.2, 0.25) is 0 Å². The molecule has 0 amide bonds. The highest BCUT2D eigenvalue weighted by Gasteiger charge is 2.25. The van der Waals surface area contributed by atoms with Gasteiger partial charge < -0.3 is 0 Å². The second kappa shape index (κ2) is 11.3. The summed E-state index contributed by atoms with van der Waals surface area (Å²) in [5.41, 5.74) is 4.67. The number of hydrogen-bond acceptors (Lipinski definition) is 0. The number of alkyl halides is 1. The maximum atomic E-state index is 12.7. The minimum absolute atomic E-state index is 0.387. The molecule has 0 bridgehead atoms. The molecule has 1 heteroatoms. The van der Waals surface area contributed by atoms with Crippen molar-refractivity contribution < 1.29 is 4.39 Å². The van der Waals surface area contributed by atoms with Gasteiger partial charge in [-0.15, -0.1) is 0 Å². The average Bonchev–Trinajstić information content (AvgIpc) is 2.84. The molecule has 2 aliphatic carbocycles. The van der Waals surface area contributed by atoms with Crippen LogP contribution >= 0.6 is 0 Å². The molecule has 0 spiro atoms. The zero-order valence-corrected chi connectivity index (χ0v) is 19.5. The van der Waals surface area contributed by atoms with Crippen LogP contribution in [0.25, 0.3) is 11.1 Å². The summed E-state index contributed by atoms with van der Waals surface area (Å²) in [4.78, 5) is 0. The quantitative estimate of drug-likeness (QED) is 0.399. The van der Waals surface area contributed by atoms with Crippen molar-refractivity contribution in [1.82, 2.24) is 0 Å². The molecule has 0 nitrogen and oxygen atoms in total. The summed E-state index contributed by atoms with van der Waals surface area (Å²) in [5, 5.41) is 0. The molecular formula is C30H41F. The van der Waals surface area contributed by atoms with E-state index in [1.807, 2.05) is 24.3 Å². The van der Waals surface area contributed by atoms with Gasteiger partial charge in [0.05, 0.1) is 0 Å². The van der Waals surface area contributed by atoms with Crippen LogP contribution in [-0.2, 0) is 6.67 Å². The molecular weight excluding hydrogens is 379 g/mol. The van der Waals surface area contributed by atoms with Crippen molar-refractivity contribution in [2.24, 2.45) is 17.8 Å². The van der Waals surface area contributed by atoms with Crippen LogP contribution in [-0.4, -0.2) is 0 Å². The maximum absolute atomic E-state index is 12.7. The molecule has 2 aliphatic rings. The highest BCUT2D eigenvalue weighted by atomic mass is 19.1. The maximum Gasteiger partial charge on any atom is 0.115 e. The van der Waals surface area contributed by atoms with Crippen molar-refractivity contribution in [2.45, 2.75) is 96.6 Å². The van der Waals surface area contributed by atoms with Crippen LogP contribution < -0.4 is 0 Å². The van der Waals surface area contributed by atoms with Crippen molar-refractivity contribution in [3.05, 3.63) is 59.7 Å². The second-order valence-electron chi connectivity index (χ2n) is 10.4. The summed E-state index contributed by atoms with van der Waals surface area (Å²) in [7, 11) is 0. The molecule has 0 aliphatic heterocycles. The van der Waals surface area contributed by atoms with Crippen LogP contribution in [0.15, 0.2) is 48.5 Å². The lowest BCUT2D eigenvalue weighted by molar-refractivity contribution is 0.224. The van der Waals surface area contributed by atoms with Crippen molar-refractivity contribution in [1.29, 1.82) is 0 Å². The fraction of sp³-hybridized carbons (Fsp3) is 0.600. The summed E-state index contributed by atoms with van der Waals surface area (Å²) < 4.78 is 12.7. The minimum atomic E-state index is -0.387. The standard InChI is InChI=1S/C30H41F/c1-2-3-23-4-6-24(7-5-23)8-9-25-10-14-27(15-11-25)29-18-20-30(21-19-29)28-16-12-26(22-31)13-17-28/h12-13,16-21,23-25,27H,2-11,14-15,22H2,1H3/t23-,24-,25-,27-. The number of halogens is 1. The Morgan fingerprint density at radius 3 is 1.55 bits per heavy atom. The Hall–Kier alpha value is -1.63. The van der Waals surface area contributed by atoms with Crippen molar-refractivity contribution in [3.8, 4) is 11.1 Å². The van der Waals surface area contributed by atoms with Gasteiger partial charge in [0, 0.05) is 0 Å². The van der Waals surface area contributed by atoms with Gasteiger partial charge in [0.25, 0.3) is 0 Å². The van der Waals surface area contributed by atoms with E-state index in [-0.39, 0.29) is 6.67 Å². The highest BCUT2D eigenvalue weighted by molar-refractivity contribution is 5.64. The van der Waals surface area contributed by atoms with Crippen molar-refractivity contribution >= 4 is 0 Å². The largest absolute Gasteiger partial charge is 0.246 e. The molecule has 2 aromatic carbocycles. The average molecular weight is 421 g/mol. The Kier molecular flexibility index (Phi) is 8.22. The molecule has 2 fully saturated rings. The Morgan fingerprint density at radius 2 is 1.06 bits per heavy atom. The fourth-order valence-electron chi connectivity index (χ4n) is 6.21. The minimum Gasteiger partial charge on any atom is -0.246 e. The lowest BCUT2D eigenvalue weighted by atomic mass is 9.74. The van der Waals surface area contributed by atoms with Gasteiger partial charge in [-0.25, -0.2) is 4.39 Å². The molecule has 0 heterocycles. The zero-order valence-electron chi connectivity index (χ0n) is 19.5. The number of benzene rings is 2. The van der Waals surface area contributed by atoms with E-state index in [0.717, 1.165) is 29.2 Å². The Balaban J connectivity index is 1.21. The molecule has 0 aromatic heterocycles. The SMILES string of the molecule is CCC[C@H]1CC[C@H](CC[C@H]2CC[C@H](c3ccc(-c4ccc(CF)cc4)cc3)CC2)CC1. The molecule has 0 radical (unpaired) electrons. The molecule has 0 unspecified atom stereocenters. The van der Waals surface area contributed by atoms with E-state index in [9.17, 15) is 4.39 Å². The first kappa shape index (κ1) is 22.6. The van der Waals surface area contributed by atoms with Gasteiger partial charge in [-0.2, -0.15) is 0 Å². The van der Waals surface area contributed by atoms with Crippen LogP contribution in [0.5, 0.6) is 0 Å². The van der Waals surface area contributed by atoms with Crippen molar-refractivity contribution in [2.75, 3.05) is 0 Å². The summed E-state index contributed by atoms with van der Waals surface area (Å²) in [6.07, 6.45) is 17.4. The van der Waals surface area contributed by atoms with Crippen LogP contribution in [0, 0.1) is 17.8 Å². The molecule has 0 atom stereocenters. The van der Waals surface area contributed by atoms with Crippen LogP contribution in [0.3, 0.4) is 0 Å². The predicted octanol–water partition coefficient (Wildman–Crippen LogP) is 9.48. The highest BCUT2D eigenvalue weighted by Crippen LogP contribution is 2.40. The van der Waals surface area contributed by atoms with E-state index in [1.165, 1.54) is 93.7 Å². The third-order valence-corrected chi connectivity index (χ3v) is 8.32. The Bertz CT molecular complexity index is 759. The summed E-state index contributed by atoms with van der Waals surface area (Å²) >= 11 is 0. The van der Waals surface area contributed by atoms with Gasteiger partial charge in [0.1, 0.15) is 6.67 Å². The van der Waals surface area contributed by atoms with E-state index in [1.54, 1.807) is 0 Å². The summed E-state index contributed by atoms with van der Waals surface area (Å²) in [6.45, 7) is 1.95. The molecule has 0 N–H and O–H groups in total. The third-order valence-electron chi connectivity index (χ3n) is 8.32. The monoisotopic (exact) mass is 420 g/mol. The van der Waals surface area contributed by atoms with Gasteiger partial charge >= 0.3 is 0 Å². The Labute approximate surface area is 189 Å². The molecule has 2 saturated carbocycles. The predicted molar refractivity (Wildman–Crippen MR) is 131 cm³/mol. The second-order valence-corrected chi connectivity index (χ2v) is 10.4. The molecule has 2 aromatic rings. The van der Waals surface area contributed by atoms with Crippen molar-refractivity contribution in [3.63, 3.8) is 0 Å². The van der Waals surface area contributed by atoms with Crippen LogP contribution in [0.1, 0.15) is 101 Å². The first-order valence-corrected chi connectivity index (χ1v) is 13.0. The van der Waals surface area contributed by atoms with Crippen LogP contribution in [0.4, 0.5) is 4.39 Å². The molecule has 4 rings (SSSR count). The van der Waals surface area contributed by atoms with E-state index < -0.39 is 0 Å². The summed E-state index contributed by atoms with van der Waals surface area (Å²) in [6, 6.07) is 17.0. The normalized spacial score (nSPS) is 26.6. The molecule has 31 heavy (non-hydrogen) atoms. The van der Waals surface area contributed by atoms with E-state index in [4.69, 9.17) is 0 Å². The zero-order chi connectivity index (χ0) is 21.5. The lowest BCUT2D eigenvalue weighted by Gasteiger charge is -2.32. The van der Waals surface area contributed by atoms with Gasteiger partial charge in [0.15, 0.2) is 0 Å². The van der Waals surface area contributed by atoms with Gasteiger partial charge in [0.2, 0.25) is 0 Å². The topological polar surface area (TPSA) is 0 Å². The van der Waals surface area contributed by atoms with Gasteiger partial charge in [-0.05, 0) is 71.6 Å². The summed E-state index contributed by atoms with van der Waals surface area (Å²) in [5.74, 6) is 3.77. The number of hydrogen-bond donors (Lipinski definition) is 0. The fourth-order valence-corrected chi connectivity index (χ4v) is 6.21. The molecule has 168 valence electrons. The first-order chi connectivity index (χ1) is 15.2. The lowest BCUT2D eigenvalue weighted by Crippen LogP contribution is -2.17. The first-order valence-electron chi connectivity index (χ1n) is 13.0. The Morgan fingerprint density at radius 1 is 0.613 bits per heavy atom.